The highest BCUT2D eigenvalue weighted by Gasteiger charge is 2.20. The van der Waals surface area contributed by atoms with Gasteiger partial charge in [0.05, 0.1) is 12.7 Å². The smallest absolute Gasteiger partial charge is 0.125 e. The molecule has 1 aromatic rings. The molecule has 1 saturated heterocycles. The lowest BCUT2D eigenvalue weighted by molar-refractivity contribution is 0.0525. The Morgan fingerprint density at radius 2 is 2.20 bits per heavy atom. The van der Waals surface area contributed by atoms with Gasteiger partial charge in [0.15, 0.2) is 0 Å². The van der Waals surface area contributed by atoms with E-state index < -0.39 is 0 Å². The molecule has 1 N–H and O–H groups in total. The van der Waals surface area contributed by atoms with Crippen LogP contribution in [0.25, 0.3) is 0 Å². The Labute approximate surface area is 90.1 Å². The predicted octanol–water partition coefficient (Wildman–Crippen LogP) is 1.05. The van der Waals surface area contributed by atoms with Gasteiger partial charge in [-0.15, -0.1) is 0 Å². The van der Waals surface area contributed by atoms with Gasteiger partial charge in [-0.2, -0.15) is 0 Å². The maximum Gasteiger partial charge on any atom is 0.125 e. The second-order valence-electron chi connectivity index (χ2n) is 4.12. The van der Waals surface area contributed by atoms with Gasteiger partial charge < -0.3 is 10.1 Å². The quantitative estimate of drug-likeness (QED) is 0.805. The fraction of sp³-hybridized carbons (Fsp3) is 0.636. The molecule has 1 aliphatic heterocycles. The van der Waals surface area contributed by atoms with Crippen LogP contribution in [0.15, 0.2) is 12.4 Å². The van der Waals surface area contributed by atoms with Crippen molar-refractivity contribution >= 4 is 0 Å². The van der Waals surface area contributed by atoms with E-state index in [1.54, 1.807) is 0 Å². The molecule has 1 aliphatic rings. The fourth-order valence-electron chi connectivity index (χ4n) is 1.73. The predicted molar refractivity (Wildman–Crippen MR) is 57.4 cm³/mol. The Morgan fingerprint density at radius 1 is 1.47 bits per heavy atom. The van der Waals surface area contributed by atoms with E-state index in [-0.39, 0.29) is 0 Å². The highest BCUT2D eigenvalue weighted by atomic mass is 16.5. The third-order valence-corrected chi connectivity index (χ3v) is 2.63. The second-order valence-corrected chi connectivity index (χ2v) is 4.12. The van der Waals surface area contributed by atoms with E-state index in [4.69, 9.17) is 4.74 Å². The first-order chi connectivity index (χ1) is 7.24. The number of aryl methyl sites for hydroxylation is 1. The minimum Gasteiger partial charge on any atom is -0.372 e. The van der Waals surface area contributed by atoms with Crippen LogP contribution in [0, 0.1) is 6.92 Å². The van der Waals surface area contributed by atoms with Gasteiger partial charge in [0.2, 0.25) is 0 Å². The number of nitrogens with zero attached hydrogens (tertiary/aromatic N) is 2. The molecule has 2 rings (SSSR count). The molecule has 0 aliphatic carbocycles. The van der Waals surface area contributed by atoms with Gasteiger partial charge in [-0.1, -0.05) is 0 Å². The molecule has 4 nitrogen and oxygen atoms in total. The topological polar surface area (TPSA) is 47.0 Å². The van der Waals surface area contributed by atoms with Crippen LogP contribution in [-0.4, -0.2) is 28.7 Å². The fourth-order valence-corrected chi connectivity index (χ4v) is 1.73. The first-order valence-electron chi connectivity index (χ1n) is 5.36. The van der Waals surface area contributed by atoms with Gasteiger partial charge in [-0.3, -0.25) is 0 Å². The third-order valence-electron chi connectivity index (χ3n) is 2.63. The number of nitrogens with one attached hydrogen (secondary N) is 1. The SMILES string of the molecule is Cc1ncc(CO[C@H]2CN[C@@H](C)C2)cn1. The van der Waals surface area contributed by atoms with E-state index in [0.29, 0.717) is 18.8 Å². The number of rotatable bonds is 3. The van der Waals surface area contributed by atoms with Crippen LogP contribution in [0.5, 0.6) is 0 Å². The molecule has 1 fully saturated rings. The third kappa shape index (κ3) is 2.97. The van der Waals surface area contributed by atoms with E-state index >= 15 is 0 Å². The van der Waals surface area contributed by atoms with Gasteiger partial charge in [-0.05, 0) is 20.3 Å². The first-order valence-corrected chi connectivity index (χ1v) is 5.36. The zero-order valence-corrected chi connectivity index (χ0v) is 9.23. The van der Waals surface area contributed by atoms with Crippen molar-refractivity contribution in [2.24, 2.45) is 0 Å². The minimum absolute atomic E-state index is 0.335. The average Bonchev–Trinajstić information content (AvgIpc) is 2.64. The van der Waals surface area contributed by atoms with Crippen LogP contribution in [0.4, 0.5) is 0 Å². The van der Waals surface area contributed by atoms with Crippen molar-refractivity contribution in [3.8, 4) is 0 Å². The summed E-state index contributed by atoms with van der Waals surface area (Å²) in [5, 5.41) is 3.36. The van der Waals surface area contributed by atoms with Crippen LogP contribution in [-0.2, 0) is 11.3 Å². The van der Waals surface area contributed by atoms with Crippen LogP contribution in [0.3, 0.4) is 0 Å². The molecule has 0 spiro atoms. The molecule has 4 heteroatoms. The van der Waals surface area contributed by atoms with Gasteiger partial charge in [0.25, 0.3) is 0 Å². The molecular formula is C11H17N3O. The summed E-state index contributed by atoms with van der Waals surface area (Å²) in [7, 11) is 0. The van der Waals surface area contributed by atoms with Gasteiger partial charge >= 0.3 is 0 Å². The van der Waals surface area contributed by atoms with Gasteiger partial charge in [0, 0.05) is 30.5 Å². The Morgan fingerprint density at radius 3 is 2.80 bits per heavy atom. The molecule has 15 heavy (non-hydrogen) atoms. The standard InChI is InChI=1S/C11H17N3O/c1-8-3-11(6-12-8)15-7-10-4-13-9(2)14-5-10/h4-5,8,11-12H,3,6-7H2,1-2H3/t8-,11+/m0/s1. The van der Waals surface area contributed by atoms with Crippen molar-refractivity contribution in [2.75, 3.05) is 6.54 Å². The zero-order valence-electron chi connectivity index (χ0n) is 9.23. The van der Waals surface area contributed by atoms with E-state index in [1.165, 1.54) is 0 Å². The largest absolute Gasteiger partial charge is 0.372 e. The van der Waals surface area contributed by atoms with E-state index in [0.717, 1.165) is 24.4 Å². The van der Waals surface area contributed by atoms with E-state index in [1.807, 2.05) is 19.3 Å². The van der Waals surface area contributed by atoms with Crippen molar-refractivity contribution in [3.05, 3.63) is 23.8 Å². The lowest BCUT2D eigenvalue weighted by Gasteiger charge is -2.10. The molecule has 1 aromatic heterocycles. The molecule has 0 bridgehead atoms. The summed E-state index contributed by atoms with van der Waals surface area (Å²) in [6, 6.07) is 0.573. The Bertz CT molecular complexity index is 312. The van der Waals surface area contributed by atoms with Gasteiger partial charge in [-0.25, -0.2) is 9.97 Å². The summed E-state index contributed by atoms with van der Waals surface area (Å²) in [5.74, 6) is 0.801. The molecule has 2 atom stereocenters. The maximum atomic E-state index is 5.76. The van der Waals surface area contributed by atoms with Crippen molar-refractivity contribution in [2.45, 2.75) is 39.0 Å². The van der Waals surface area contributed by atoms with Crippen LogP contribution in [0.1, 0.15) is 24.7 Å². The molecule has 0 radical (unpaired) electrons. The molecule has 0 aromatic carbocycles. The van der Waals surface area contributed by atoms with Crippen LogP contribution < -0.4 is 5.32 Å². The molecule has 0 saturated carbocycles. The summed E-state index contributed by atoms with van der Waals surface area (Å²) in [6.45, 7) is 5.62. The second kappa shape index (κ2) is 4.68. The van der Waals surface area contributed by atoms with Gasteiger partial charge in [0.1, 0.15) is 5.82 Å². The van der Waals surface area contributed by atoms with Crippen LogP contribution >= 0.6 is 0 Å². The Balaban J connectivity index is 1.80. The minimum atomic E-state index is 0.335. The molecule has 2 heterocycles. The lowest BCUT2D eigenvalue weighted by Crippen LogP contribution is -2.18. The van der Waals surface area contributed by atoms with E-state index in [9.17, 15) is 0 Å². The summed E-state index contributed by atoms with van der Waals surface area (Å²) in [5.41, 5.74) is 1.04. The van der Waals surface area contributed by atoms with Crippen LogP contribution in [0.2, 0.25) is 0 Å². The summed E-state index contributed by atoms with van der Waals surface area (Å²) in [4.78, 5) is 8.27. The molecule has 0 amide bonds. The van der Waals surface area contributed by atoms with Crippen molar-refractivity contribution in [3.63, 3.8) is 0 Å². The summed E-state index contributed by atoms with van der Waals surface area (Å²) < 4.78 is 5.76. The van der Waals surface area contributed by atoms with Crippen molar-refractivity contribution < 1.29 is 4.74 Å². The maximum absolute atomic E-state index is 5.76. The molecule has 0 unspecified atom stereocenters. The number of ether oxygens (including phenoxy) is 1. The number of hydrogen-bond donors (Lipinski definition) is 1. The first kappa shape index (κ1) is 10.5. The summed E-state index contributed by atoms with van der Waals surface area (Å²) in [6.07, 6.45) is 5.08. The highest BCUT2D eigenvalue weighted by molar-refractivity contribution is 5.03. The lowest BCUT2D eigenvalue weighted by atomic mass is 10.2. The normalized spacial score (nSPS) is 25.7. The monoisotopic (exact) mass is 207 g/mol. The number of aromatic nitrogens is 2. The molecular weight excluding hydrogens is 190 g/mol. The van der Waals surface area contributed by atoms with Crippen molar-refractivity contribution in [1.82, 2.24) is 15.3 Å². The Kier molecular flexibility index (Phi) is 3.28. The summed E-state index contributed by atoms with van der Waals surface area (Å²) >= 11 is 0. The Hall–Kier alpha value is -1.00. The highest BCUT2D eigenvalue weighted by Crippen LogP contribution is 2.11. The number of hydrogen-bond acceptors (Lipinski definition) is 4. The van der Waals surface area contributed by atoms with Crippen molar-refractivity contribution in [1.29, 1.82) is 0 Å². The zero-order chi connectivity index (χ0) is 10.7. The average molecular weight is 207 g/mol. The van der Waals surface area contributed by atoms with E-state index in [2.05, 4.69) is 22.2 Å². The molecule has 82 valence electrons.